The van der Waals surface area contributed by atoms with Gasteiger partial charge in [-0.3, -0.25) is 4.79 Å². The largest absolute Gasteiger partial charge is 0.424 e. The van der Waals surface area contributed by atoms with Gasteiger partial charge in [-0.1, -0.05) is 48.5 Å². The molecule has 0 N–H and O–H groups in total. The van der Waals surface area contributed by atoms with E-state index in [1.165, 1.54) is 0 Å². The lowest BCUT2D eigenvalue weighted by molar-refractivity contribution is 0.620. The van der Waals surface area contributed by atoms with Crippen LogP contribution in [0.5, 0.6) is 0 Å². The number of imidazole rings is 1. The second-order valence-electron chi connectivity index (χ2n) is 7.65. The van der Waals surface area contributed by atoms with E-state index in [2.05, 4.69) is 33.8 Å². The standard InChI is InChI=1S/C26H15N3O2/c30-25-18-14-15-22-23(24(18)31-26-27-19-11-5-7-13-21(19)29(25)26)17-10-4-6-12-20(17)28(22)16-8-2-1-3-9-16/h1-15H. The van der Waals surface area contributed by atoms with Gasteiger partial charge >= 0.3 is 5.84 Å². The molecule has 0 radical (unpaired) electrons. The van der Waals surface area contributed by atoms with Crippen LogP contribution >= 0.6 is 0 Å². The van der Waals surface area contributed by atoms with Crippen molar-refractivity contribution in [2.24, 2.45) is 0 Å². The Balaban J connectivity index is 1.74. The Morgan fingerprint density at radius 1 is 0.677 bits per heavy atom. The molecule has 0 aliphatic rings. The molecule has 146 valence electrons. The molecule has 7 aromatic rings. The van der Waals surface area contributed by atoms with Crippen LogP contribution in [0.25, 0.3) is 55.3 Å². The van der Waals surface area contributed by atoms with Crippen molar-refractivity contribution in [2.75, 3.05) is 0 Å². The highest BCUT2D eigenvalue weighted by molar-refractivity contribution is 6.19. The van der Waals surface area contributed by atoms with Crippen LogP contribution in [0.15, 0.2) is 100 Å². The minimum absolute atomic E-state index is 0.122. The maximum absolute atomic E-state index is 13.5. The van der Waals surface area contributed by atoms with Crippen LogP contribution in [0.3, 0.4) is 0 Å². The van der Waals surface area contributed by atoms with E-state index < -0.39 is 0 Å². The van der Waals surface area contributed by atoms with E-state index in [4.69, 9.17) is 4.42 Å². The molecule has 0 saturated heterocycles. The van der Waals surface area contributed by atoms with Crippen molar-refractivity contribution in [1.82, 2.24) is 14.0 Å². The van der Waals surface area contributed by atoms with Gasteiger partial charge in [0.05, 0.1) is 32.8 Å². The number of para-hydroxylation sites is 4. The van der Waals surface area contributed by atoms with Crippen molar-refractivity contribution in [3.8, 4) is 5.69 Å². The van der Waals surface area contributed by atoms with Crippen LogP contribution in [0.1, 0.15) is 0 Å². The predicted molar refractivity (Wildman–Crippen MR) is 123 cm³/mol. The topological polar surface area (TPSA) is 52.4 Å². The average molecular weight is 401 g/mol. The third-order valence-corrected chi connectivity index (χ3v) is 5.96. The molecule has 7 rings (SSSR count). The molecule has 0 spiro atoms. The lowest BCUT2D eigenvalue weighted by atomic mass is 10.1. The molecule has 5 nitrogen and oxygen atoms in total. The molecule has 5 heteroatoms. The van der Waals surface area contributed by atoms with Crippen molar-refractivity contribution in [3.63, 3.8) is 0 Å². The Hall–Kier alpha value is -4.38. The first-order valence-electron chi connectivity index (χ1n) is 10.1. The minimum atomic E-state index is -0.122. The molecule has 0 atom stereocenters. The van der Waals surface area contributed by atoms with Crippen molar-refractivity contribution in [3.05, 3.63) is 101 Å². The smallest absolute Gasteiger partial charge is 0.310 e. The van der Waals surface area contributed by atoms with Crippen molar-refractivity contribution < 1.29 is 4.42 Å². The van der Waals surface area contributed by atoms with Crippen LogP contribution in [0.4, 0.5) is 0 Å². The normalized spacial score (nSPS) is 12.0. The number of rotatable bonds is 1. The number of hydrogen-bond donors (Lipinski definition) is 0. The molecule has 0 unspecified atom stereocenters. The maximum Gasteiger partial charge on any atom is 0.310 e. The van der Waals surface area contributed by atoms with Gasteiger partial charge in [0.2, 0.25) is 0 Å². The number of hydrogen-bond acceptors (Lipinski definition) is 3. The average Bonchev–Trinajstić information content (AvgIpc) is 3.35. The van der Waals surface area contributed by atoms with Gasteiger partial charge in [0.1, 0.15) is 0 Å². The third-order valence-electron chi connectivity index (χ3n) is 5.96. The first kappa shape index (κ1) is 16.4. The molecule has 3 aromatic heterocycles. The number of benzene rings is 4. The summed E-state index contributed by atoms with van der Waals surface area (Å²) < 4.78 is 10.1. The Morgan fingerprint density at radius 2 is 1.42 bits per heavy atom. The van der Waals surface area contributed by atoms with Crippen LogP contribution in [-0.4, -0.2) is 14.0 Å². The molecule has 0 fully saturated rings. The van der Waals surface area contributed by atoms with E-state index >= 15 is 0 Å². The highest BCUT2D eigenvalue weighted by Gasteiger charge is 2.19. The van der Waals surface area contributed by atoms with Gasteiger partial charge in [-0.15, -0.1) is 0 Å². The lowest BCUT2D eigenvalue weighted by Crippen LogP contribution is -2.12. The van der Waals surface area contributed by atoms with E-state index in [1.54, 1.807) is 4.40 Å². The Morgan fingerprint density at radius 3 is 2.29 bits per heavy atom. The maximum atomic E-state index is 13.5. The van der Waals surface area contributed by atoms with Gasteiger partial charge in [-0.2, -0.15) is 4.98 Å². The Bertz CT molecular complexity index is 1860. The molecular formula is C26H15N3O2. The molecule has 31 heavy (non-hydrogen) atoms. The quantitative estimate of drug-likeness (QED) is 0.355. The van der Waals surface area contributed by atoms with Crippen molar-refractivity contribution in [2.45, 2.75) is 0 Å². The molecule has 0 saturated carbocycles. The molecule has 0 amide bonds. The number of fused-ring (bicyclic) bond motifs is 8. The van der Waals surface area contributed by atoms with Crippen LogP contribution in [0.2, 0.25) is 0 Å². The van der Waals surface area contributed by atoms with E-state index in [0.29, 0.717) is 16.8 Å². The second kappa shape index (κ2) is 5.83. The summed E-state index contributed by atoms with van der Waals surface area (Å²) in [5.41, 5.74) is 5.04. The zero-order chi connectivity index (χ0) is 20.5. The summed E-state index contributed by atoms with van der Waals surface area (Å²) in [5, 5.41) is 2.50. The third kappa shape index (κ3) is 2.09. The highest BCUT2D eigenvalue weighted by Crippen LogP contribution is 2.36. The predicted octanol–water partition coefficient (Wildman–Crippen LogP) is 5.69. The SMILES string of the molecule is O=c1c2ccc3c(c4ccccc4n3-c3ccccc3)c2oc2nc3ccccc3n12. The first-order valence-corrected chi connectivity index (χ1v) is 10.1. The van der Waals surface area contributed by atoms with E-state index in [-0.39, 0.29) is 5.56 Å². The van der Waals surface area contributed by atoms with E-state index in [9.17, 15) is 4.79 Å². The van der Waals surface area contributed by atoms with Gasteiger partial charge in [-0.05, 0) is 42.5 Å². The van der Waals surface area contributed by atoms with Crippen LogP contribution in [-0.2, 0) is 0 Å². The molecule has 3 heterocycles. The fraction of sp³-hybridized carbons (Fsp3) is 0. The minimum Gasteiger partial charge on any atom is -0.424 e. The van der Waals surface area contributed by atoms with E-state index in [1.807, 2.05) is 66.7 Å². The second-order valence-corrected chi connectivity index (χ2v) is 7.65. The zero-order valence-corrected chi connectivity index (χ0v) is 16.3. The van der Waals surface area contributed by atoms with Gasteiger partial charge in [0.25, 0.3) is 5.56 Å². The Kier molecular flexibility index (Phi) is 3.09. The zero-order valence-electron chi connectivity index (χ0n) is 16.3. The molecule has 4 aromatic carbocycles. The summed E-state index contributed by atoms with van der Waals surface area (Å²) in [5.74, 6) is 0.308. The van der Waals surface area contributed by atoms with Gasteiger partial charge in [0, 0.05) is 11.1 Å². The highest BCUT2D eigenvalue weighted by atomic mass is 16.4. The summed E-state index contributed by atoms with van der Waals surface area (Å²) in [6.07, 6.45) is 0. The molecular weight excluding hydrogens is 386 g/mol. The summed E-state index contributed by atoms with van der Waals surface area (Å²) in [6, 6.07) is 29.9. The fourth-order valence-electron chi connectivity index (χ4n) is 4.64. The van der Waals surface area contributed by atoms with Gasteiger partial charge < -0.3 is 8.98 Å². The van der Waals surface area contributed by atoms with E-state index in [0.717, 1.165) is 38.5 Å². The molecule has 0 aliphatic heterocycles. The molecule has 0 bridgehead atoms. The van der Waals surface area contributed by atoms with Crippen LogP contribution in [0, 0.1) is 0 Å². The summed E-state index contributed by atoms with van der Waals surface area (Å²) in [7, 11) is 0. The first-order chi connectivity index (χ1) is 15.3. The Labute approximate surface area is 175 Å². The van der Waals surface area contributed by atoms with Crippen molar-refractivity contribution in [1.29, 1.82) is 0 Å². The summed E-state index contributed by atoms with van der Waals surface area (Å²) >= 11 is 0. The van der Waals surface area contributed by atoms with Gasteiger partial charge in [0.15, 0.2) is 5.58 Å². The van der Waals surface area contributed by atoms with Crippen LogP contribution < -0.4 is 5.56 Å². The number of aromatic nitrogens is 3. The number of nitrogens with zero attached hydrogens (tertiary/aromatic N) is 3. The fourth-order valence-corrected chi connectivity index (χ4v) is 4.64. The van der Waals surface area contributed by atoms with Crippen molar-refractivity contribution >= 4 is 49.7 Å². The lowest BCUT2D eigenvalue weighted by Gasteiger charge is -2.07. The summed E-state index contributed by atoms with van der Waals surface area (Å²) in [4.78, 5) is 18.0. The molecule has 0 aliphatic carbocycles. The summed E-state index contributed by atoms with van der Waals surface area (Å²) in [6.45, 7) is 0. The van der Waals surface area contributed by atoms with Gasteiger partial charge in [-0.25, -0.2) is 4.40 Å². The monoisotopic (exact) mass is 401 g/mol.